The van der Waals surface area contributed by atoms with Crippen LogP contribution < -0.4 is 5.32 Å². The summed E-state index contributed by atoms with van der Waals surface area (Å²) in [4.78, 5) is 12.2. The number of thioether (sulfide) groups is 1. The summed E-state index contributed by atoms with van der Waals surface area (Å²) < 4.78 is 2.74. The predicted octanol–water partition coefficient (Wildman–Crippen LogP) is 2.40. The van der Waals surface area contributed by atoms with Gasteiger partial charge in [0.05, 0.1) is 6.07 Å². The molecule has 0 radical (unpaired) electrons. The molecule has 1 fully saturated rings. The quantitative estimate of drug-likeness (QED) is 0.927. The maximum Gasteiger partial charge on any atom is 0.269 e. The molecule has 0 spiro atoms. The number of hydrogen-bond acceptors (Lipinski definition) is 3. The summed E-state index contributed by atoms with van der Waals surface area (Å²) in [7, 11) is 0. The largest absolute Gasteiger partial charge is 0.343 e. The van der Waals surface area contributed by atoms with Crippen molar-refractivity contribution in [1.82, 2.24) is 9.88 Å². The van der Waals surface area contributed by atoms with Gasteiger partial charge in [0.25, 0.3) is 5.91 Å². The van der Waals surface area contributed by atoms with Crippen molar-refractivity contribution in [2.24, 2.45) is 0 Å². The number of hydrogen-bond donors (Lipinski definition) is 1. The van der Waals surface area contributed by atoms with Crippen molar-refractivity contribution < 1.29 is 4.79 Å². The monoisotopic (exact) mass is 327 g/mol. The van der Waals surface area contributed by atoms with E-state index in [0.717, 1.165) is 16.8 Å². The van der Waals surface area contributed by atoms with E-state index in [2.05, 4.69) is 27.3 Å². The Hall–Kier alpha value is -0.930. The molecule has 96 valence electrons. The van der Waals surface area contributed by atoms with Crippen molar-refractivity contribution in [1.29, 1.82) is 5.26 Å². The van der Waals surface area contributed by atoms with Gasteiger partial charge in [-0.1, -0.05) is 0 Å². The zero-order chi connectivity index (χ0) is 13.2. The highest BCUT2D eigenvalue weighted by Crippen LogP contribution is 2.28. The molecule has 4 nitrogen and oxygen atoms in total. The smallest absolute Gasteiger partial charge is 0.269 e. The van der Waals surface area contributed by atoms with Gasteiger partial charge in [-0.15, -0.1) is 0 Å². The second kappa shape index (κ2) is 5.37. The number of aryl methyl sites for hydroxylation is 1. The van der Waals surface area contributed by atoms with Crippen molar-refractivity contribution in [3.8, 4) is 6.07 Å². The summed E-state index contributed by atoms with van der Waals surface area (Å²) in [6.45, 7) is 2.71. The Morgan fingerprint density at radius 3 is 3.11 bits per heavy atom. The molecule has 0 aliphatic carbocycles. The van der Waals surface area contributed by atoms with E-state index in [0.29, 0.717) is 17.9 Å². The molecule has 6 heteroatoms. The first kappa shape index (κ1) is 13.5. The van der Waals surface area contributed by atoms with Gasteiger partial charge < -0.3 is 9.88 Å². The second-order valence-electron chi connectivity index (χ2n) is 4.28. The minimum absolute atomic E-state index is 0.174. The van der Waals surface area contributed by atoms with Gasteiger partial charge in [-0.3, -0.25) is 4.79 Å². The zero-order valence-corrected chi connectivity index (χ0v) is 12.5. The number of aromatic nitrogens is 1. The molecule has 0 bridgehead atoms. The first-order valence-corrected chi connectivity index (χ1v) is 7.72. The van der Waals surface area contributed by atoms with Gasteiger partial charge in [0.1, 0.15) is 11.2 Å². The van der Waals surface area contributed by atoms with Crippen LogP contribution in [0.25, 0.3) is 0 Å². The van der Waals surface area contributed by atoms with E-state index in [1.807, 2.05) is 17.7 Å². The summed E-state index contributed by atoms with van der Waals surface area (Å²) in [5.74, 6) is 1.42. The lowest BCUT2D eigenvalue weighted by molar-refractivity contribution is 0.0917. The molecule has 0 aromatic carbocycles. The van der Waals surface area contributed by atoms with E-state index in [4.69, 9.17) is 0 Å². The van der Waals surface area contributed by atoms with Crippen LogP contribution >= 0.6 is 27.7 Å². The van der Waals surface area contributed by atoms with Crippen molar-refractivity contribution >= 4 is 33.6 Å². The van der Waals surface area contributed by atoms with Gasteiger partial charge in [0.2, 0.25) is 0 Å². The van der Waals surface area contributed by atoms with Crippen LogP contribution in [-0.2, 0) is 6.54 Å². The molecule has 1 aromatic heterocycles. The van der Waals surface area contributed by atoms with E-state index in [9.17, 15) is 10.1 Å². The fourth-order valence-corrected chi connectivity index (χ4v) is 3.72. The van der Waals surface area contributed by atoms with Gasteiger partial charge in [0.15, 0.2) is 0 Å². The number of nitrogens with zero attached hydrogens (tertiary/aromatic N) is 2. The minimum atomic E-state index is -0.697. The molecule has 1 atom stereocenters. The van der Waals surface area contributed by atoms with Crippen molar-refractivity contribution in [3.05, 3.63) is 22.4 Å². The Kier molecular flexibility index (Phi) is 4.03. The Morgan fingerprint density at radius 2 is 2.56 bits per heavy atom. The number of nitrogens with one attached hydrogen (secondary N) is 1. The third kappa shape index (κ3) is 2.57. The maximum absolute atomic E-state index is 12.2. The molecule has 1 unspecified atom stereocenters. The molecule has 1 saturated heterocycles. The number of amides is 1. The maximum atomic E-state index is 12.2. The van der Waals surface area contributed by atoms with Gasteiger partial charge in [-0.2, -0.15) is 17.0 Å². The molecule has 1 amide bonds. The van der Waals surface area contributed by atoms with Crippen molar-refractivity contribution in [2.75, 3.05) is 11.5 Å². The highest BCUT2D eigenvalue weighted by molar-refractivity contribution is 9.10. The van der Waals surface area contributed by atoms with E-state index >= 15 is 0 Å². The van der Waals surface area contributed by atoms with Crippen LogP contribution in [0, 0.1) is 11.3 Å². The van der Waals surface area contributed by atoms with Crippen molar-refractivity contribution in [3.63, 3.8) is 0 Å². The third-order valence-corrected chi connectivity index (χ3v) is 4.65. The second-order valence-corrected chi connectivity index (χ2v) is 6.30. The van der Waals surface area contributed by atoms with Gasteiger partial charge >= 0.3 is 0 Å². The predicted molar refractivity (Wildman–Crippen MR) is 75.6 cm³/mol. The van der Waals surface area contributed by atoms with Gasteiger partial charge in [0, 0.05) is 23.0 Å². The number of carbonyl (C=O) groups is 1. The number of nitriles is 1. The fourth-order valence-electron chi connectivity index (χ4n) is 1.99. The van der Waals surface area contributed by atoms with Crippen LogP contribution in [0.1, 0.15) is 23.8 Å². The Morgan fingerprint density at radius 1 is 1.78 bits per heavy atom. The summed E-state index contributed by atoms with van der Waals surface area (Å²) in [5.41, 5.74) is -0.104. The van der Waals surface area contributed by atoms with Crippen LogP contribution in [-0.4, -0.2) is 27.5 Å². The first-order valence-electron chi connectivity index (χ1n) is 5.77. The van der Waals surface area contributed by atoms with E-state index < -0.39 is 5.54 Å². The standard InChI is InChI=1S/C12H14BrN3OS/c1-2-16-6-9(13)5-10(16)11(17)15-12(7-14)3-4-18-8-12/h5-6H,2-4,8H2,1H3,(H,15,17). The minimum Gasteiger partial charge on any atom is -0.343 e. The summed E-state index contributed by atoms with van der Waals surface area (Å²) >= 11 is 5.07. The summed E-state index contributed by atoms with van der Waals surface area (Å²) in [5, 5.41) is 12.1. The normalized spacial score (nSPS) is 22.7. The molecule has 1 aromatic rings. The molecule has 1 N–H and O–H groups in total. The van der Waals surface area contributed by atoms with Crippen LogP contribution in [0.2, 0.25) is 0 Å². The van der Waals surface area contributed by atoms with Crippen LogP contribution in [0.3, 0.4) is 0 Å². The zero-order valence-electron chi connectivity index (χ0n) is 10.1. The lowest BCUT2D eigenvalue weighted by Gasteiger charge is -2.21. The lowest BCUT2D eigenvalue weighted by Crippen LogP contribution is -2.47. The van der Waals surface area contributed by atoms with Crippen molar-refractivity contribution in [2.45, 2.75) is 25.4 Å². The Bertz CT molecular complexity index is 500. The SMILES string of the molecule is CCn1cc(Br)cc1C(=O)NC1(C#N)CCSC1. The topological polar surface area (TPSA) is 57.8 Å². The number of carbonyl (C=O) groups excluding carboxylic acids is 1. The average Bonchev–Trinajstić information content (AvgIpc) is 2.96. The first-order chi connectivity index (χ1) is 8.60. The van der Waals surface area contributed by atoms with E-state index in [1.165, 1.54) is 0 Å². The molecule has 0 saturated carbocycles. The van der Waals surface area contributed by atoms with Crippen LogP contribution in [0.15, 0.2) is 16.7 Å². The Balaban J connectivity index is 2.19. The van der Waals surface area contributed by atoms with Gasteiger partial charge in [-0.25, -0.2) is 0 Å². The Labute approximate surface area is 119 Å². The number of rotatable bonds is 3. The fraction of sp³-hybridized carbons (Fsp3) is 0.500. The molecule has 2 heterocycles. The van der Waals surface area contributed by atoms with Gasteiger partial charge in [-0.05, 0) is 41.1 Å². The molecule has 1 aliphatic rings. The summed E-state index contributed by atoms with van der Waals surface area (Å²) in [6.07, 6.45) is 2.59. The number of halogens is 1. The molecule has 18 heavy (non-hydrogen) atoms. The highest BCUT2D eigenvalue weighted by Gasteiger charge is 2.36. The van der Waals surface area contributed by atoms with E-state index in [-0.39, 0.29) is 5.91 Å². The van der Waals surface area contributed by atoms with Crippen LogP contribution in [0.5, 0.6) is 0 Å². The van der Waals surface area contributed by atoms with Crippen LogP contribution in [0.4, 0.5) is 0 Å². The third-order valence-electron chi connectivity index (χ3n) is 3.02. The molecular weight excluding hydrogens is 314 g/mol. The average molecular weight is 328 g/mol. The lowest BCUT2D eigenvalue weighted by atomic mass is 10.0. The molecule has 1 aliphatic heterocycles. The molecule has 2 rings (SSSR count). The molecular formula is C12H14BrN3OS. The summed E-state index contributed by atoms with van der Waals surface area (Å²) in [6, 6.07) is 4.03. The van der Waals surface area contributed by atoms with E-state index in [1.54, 1.807) is 17.8 Å². The highest BCUT2D eigenvalue weighted by atomic mass is 79.9.